The number of nitrogens with one attached hydrogen (secondary N) is 1. The zero-order valence-corrected chi connectivity index (χ0v) is 12.6. The molecule has 1 amide bonds. The van der Waals surface area contributed by atoms with Crippen LogP contribution in [0.3, 0.4) is 0 Å². The van der Waals surface area contributed by atoms with E-state index in [2.05, 4.69) is 15.2 Å². The van der Waals surface area contributed by atoms with Gasteiger partial charge in [-0.05, 0) is 37.8 Å². The lowest BCUT2D eigenvalue weighted by Gasteiger charge is -2.33. The maximum atomic E-state index is 11.4. The molecule has 1 atom stereocenters. The van der Waals surface area contributed by atoms with E-state index in [1.54, 1.807) is 6.92 Å². The molecular formula is C14H23ClN4O. The molecule has 0 saturated carbocycles. The molecule has 5 nitrogen and oxygen atoms in total. The fraction of sp³-hybridized carbons (Fsp3) is 0.571. The third-order valence-electron chi connectivity index (χ3n) is 3.62. The van der Waals surface area contributed by atoms with Gasteiger partial charge in [0.1, 0.15) is 0 Å². The number of rotatable bonds is 4. The van der Waals surface area contributed by atoms with Crippen LogP contribution in [0.2, 0.25) is 0 Å². The minimum Gasteiger partial charge on any atom is -0.371 e. The Kier molecular flexibility index (Phi) is 6.75. The van der Waals surface area contributed by atoms with Crippen molar-refractivity contribution < 1.29 is 4.79 Å². The van der Waals surface area contributed by atoms with Crippen molar-refractivity contribution >= 4 is 24.0 Å². The molecule has 112 valence electrons. The van der Waals surface area contributed by atoms with Gasteiger partial charge in [0.05, 0.1) is 6.04 Å². The van der Waals surface area contributed by atoms with E-state index in [0.717, 1.165) is 32.5 Å². The highest BCUT2D eigenvalue weighted by Crippen LogP contribution is 2.22. The number of anilines is 1. The van der Waals surface area contributed by atoms with Crippen LogP contribution < -0.4 is 16.0 Å². The minimum atomic E-state index is -0.420. The largest absolute Gasteiger partial charge is 0.371 e. The maximum Gasteiger partial charge on any atom is 0.236 e. The number of hydrogen-bond acceptors (Lipinski definition) is 4. The van der Waals surface area contributed by atoms with Crippen LogP contribution in [0.15, 0.2) is 24.5 Å². The second-order valence-electron chi connectivity index (χ2n) is 5.17. The van der Waals surface area contributed by atoms with Crippen LogP contribution >= 0.6 is 12.4 Å². The number of amides is 1. The van der Waals surface area contributed by atoms with Gasteiger partial charge in [-0.2, -0.15) is 0 Å². The summed E-state index contributed by atoms with van der Waals surface area (Å²) in [7, 11) is 0. The summed E-state index contributed by atoms with van der Waals surface area (Å²) < 4.78 is 0. The molecule has 2 rings (SSSR count). The van der Waals surface area contributed by atoms with Gasteiger partial charge in [0.2, 0.25) is 5.91 Å². The maximum absolute atomic E-state index is 11.4. The third-order valence-corrected chi connectivity index (χ3v) is 3.62. The fourth-order valence-corrected chi connectivity index (χ4v) is 2.36. The van der Waals surface area contributed by atoms with Crippen LogP contribution in [-0.4, -0.2) is 36.6 Å². The average molecular weight is 299 g/mol. The average Bonchev–Trinajstić information content (AvgIpc) is 2.46. The van der Waals surface area contributed by atoms with E-state index in [-0.39, 0.29) is 18.3 Å². The fourth-order valence-electron chi connectivity index (χ4n) is 2.36. The molecule has 0 unspecified atom stereocenters. The van der Waals surface area contributed by atoms with Crippen LogP contribution in [0.1, 0.15) is 19.8 Å². The summed E-state index contributed by atoms with van der Waals surface area (Å²) in [6.07, 6.45) is 5.84. The molecule has 1 saturated heterocycles. The molecule has 0 aliphatic carbocycles. The number of nitrogens with two attached hydrogens (primary N) is 1. The summed E-state index contributed by atoms with van der Waals surface area (Å²) in [5, 5.41) is 2.91. The van der Waals surface area contributed by atoms with Gasteiger partial charge in [-0.3, -0.25) is 9.78 Å². The molecule has 0 radical (unpaired) electrons. The Morgan fingerprint density at radius 2 is 2.05 bits per heavy atom. The van der Waals surface area contributed by atoms with Crippen LogP contribution in [0.5, 0.6) is 0 Å². The molecule has 0 spiro atoms. The number of piperidine rings is 1. The number of halogens is 1. The van der Waals surface area contributed by atoms with Gasteiger partial charge < -0.3 is 16.0 Å². The Labute approximate surface area is 126 Å². The van der Waals surface area contributed by atoms with Crippen LogP contribution in [0, 0.1) is 5.92 Å². The molecule has 6 heteroatoms. The SMILES string of the molecule is C[C@@H](N)C(=O)NCC1CCN(c2ccncc2)CC1.Cl. The van der Waals surface area contributed by atoms with Crippen molar-refractivity contribution in [2.45, 2.75) is 25.8 Å². The van der Waals surface area contributed by atoms with Crippen LogP contribution in [0.25, 0.3) is 0 Å². The normalized spacial score (nSPS) is 17.2. The van der Waals surface area contributed by atoms with Crippen molar-refractivity contribution in [1.82, 2.24) is 10.3 Å². The van der Waals surface area contributed by atoms with E-state index in [1.807, 2.05) is 24.5 Å². The third kappa shape index (κ3) is 4.65. The lowest BCUT2D eigenvalue weighted by molar-refractivity contribution is -0.122. The summed E-state index contributed by atoms with van der Waals surface area (Å²) in [6, 6.07) is 3.66. The van der Waals surface area contributed by atoms with Gasteiger partial charge in [-0.1, -0.05) is 0 Å². The molecule has 0 bridgehead atoms. The highest BCUT2D eigenvalue weighted by molar-refractivity contribution is 5.85. The monoisotopic (exact) mass is 298 g/mol. The van der Waals surface area contributed by atoms with Crippen molar-refractivity contribution in [1.29, 1.82) is 0 Å². The molecule has 1 aliphatic heterocycles. The topological polar surface area (TPSA) is 71.2 Å². The van der Waals surface area contributed by atoms with Gasteiger partial charge in [0.15, 0.2) is 0 Å². The first-order chi connectivity index (χ1) is 9.16. The summed E-state index contributed by atoms with van der Waals surface area (Å²) in [6.45, 7) is 4.51. The lowest BCUT2D eigenvalue weighted by Crippen LogP contribution is -2.43. The van der Waals surface area contributed by atoms with E-state index in [1.165, 1.54) is 5.69 Å². The van der Waals surface area contributed by atoms with E-state index >= 15 is 0 Å². The van der Waals surface area contributed by atoms with Crippen molar-refractivity contribution in [2.24, 2.45) is 11.7 Å². The first-order valence-electron chi connectivity index (χ1n) is 6.85. The number of hydrogen-bond donors (Lipinski definition) is 2. The van der Waals surface area contributed by atoms with Crippen molar-refractivity contribution in [2.75, 3.05) is 24.5 Å². The second-order valence-corrected chi connectivity index (χ2v) is 5.17. The molecule has 1 aliphatic rings. The van der Waals surface area contributed by atoms with E-state index in [0.29, 0.717) is 5.92 Å². The van der Waals surface area contributed by atoms with Crippen molar-refractivity contribution in [3.63, 3.8) is 0 Å². The molecule has 1 fully saturated rings. The Morgan fingerprint density at radius 3 is 2.60 bits per heavy atom. The first-order valence-corrected chi connectivity index (χ1v) is 6.85. The first kappa shape index (κ1) is 16.7. The standard InChI is InChI=1S/C14H22N4O.ClH/c1-11(15)14(19)17-10-12-4-8-18(9-5-12)13-2-6-16-7-3-13;/h2-3,6-7,11-12H,4-5,8-10,15H2,1H3,(H,17,19);1H/t11-;/m1./s1. The quantitative estimate of drug-likeness (QED) is 0.876. The van der Waals surface area contributed by atoms with Crippen molar-refractivity contribution in [3.05, 3.63) is 24.5 Å². The second kappa shape index (κ2) is 8.07. The summed E-state index contributed by atoms with van der Waals surface area (Å²) in [5.41, 5.74) is 6.75. The Hall–Kier alpha value is -1.33. The molecular weight excluding hydrogens is 276 g/mol. The number of carbonyl (C=O) groups is 1. The van der Waals surface area contributed by atoms with Crippen LogP contribution in [0.4, 0.5) is 5.69 Å². The lowest BCUT2D eigenvalue weighted by atomic mass is 9.96. The Bertz CT molecular complexity index is 405. The van der Waals surface area contributed by atoms with Gasteiger partial charge in [0.25, 0.3) is 0 Å². The Balaban J connectivity index is 0.00000200. The smallest absolute Gasteiger partial charge is 0.236 e. The van der Waals surface area contributed by atoms with Gasteiger partial charge in [-0.15, -0.1) is 12.4 Å². The molecule has 1 aromatic rings. The van der Waals surface area contributed by atoms with Crippen molar-refractivity contribution in [3.8, 4) is 0 Å². The molecule has 0 aromatic carbocycles. The molecule has 3 N–H and O–H groups in total. The highest BCUT2D eigenvalue weighted by atomic mass is 35.5. The van der Waals surface area contributed by atoms with Crippen LogP contribution in [-0.2, 0) is 4.79 Å². The minimum absolute atomic E-state index is 0. The predicted molar refractivity (Wildman–Crippen MR) is 83.1 cm³/mol. The molecule has 2 heterocycles. The number of nitrogens with zero attached hydrogens (tertiary/aromatic N) is 2. The zero-order chi connectivity index (χ0) is 13.7. The van der Waals surface area contributed by atoms with Gasteiger partial charge in [0, 0.05) is 37.7 Å². The van der Waals surface area contributed by atoms with E-state index in [9.17, 15) is 4.79 Å². The zero-order valence-electron chi connectivity index (χ0n) is 11.8. The van der Waals surface area contributed by atoms with Gasteiger partial charge in [-0.25, -0.2) is 0 Å². The van der Waals surface area contributed by atoms with Gasteiger partial charge >= 0.3 is 0 Å². The highest BCUT2D eigenvalue weighted by Gasteiger charge is 2.20. The molecule has 1 aromatic heterocycles. The summed E-state index contributed by atoms with van der Waals surface area (Å²) in [4.78, 5) is 17.8. The number of carbonyl (C=O) groups excluding carboxylic acids is 1. The number of pyridine rings is 1. The Morgan fingerprint density at radius 1 is 1.45 bits per heavy atom. The molecule has 20 heavy (non-hydrogen) atoms. The number of aromatic nitrogens is 1. The van der Waals surface area contributed by atoms with E-state index < -0.39 is 6.04 Å². The summed E-state index contributed by atoms with van der Waals surface area (Å²) in [5.74, 6) is 0.498. The predicted octanol–water partition coefficient (Wildman–Crippen LogP) is 1.18. The van der Waals surface area contributed by atoms with E-state index in [4.69, 9.17) is 5.73 Å². The summed E-state index contributed by atoms with van der Waals surface area (Å²) >= 11 is 0.